The molecule has 0 radical (unpaired) electrons. The maximum atomic E-state index is 13.0. The molecule has 24 heteroatoms. The first-order valence-corrected chi connectivity index (χ1v) is 43.1. The summed E-state index contributed by atoms with van der Waals surface area (Å²) >= 11 is 0. The van der Waals surface area contributed by atoms with Gasteiger partial charge in [-0.2, -0.15) is 0 Å². The van der Waals surface area contributed by atoms with Gasteiger partial charge in [-0.05, 0) is 150 Å². The highest BCUT2D eigenvalue weighted by atomic mass is 16.3. The average Bonchev–Trinajstić information content (AvgIpc) is 0.757. The maximum Gasteiger partial charge on any atom is 0.123 e. The molecule has 0 atom stereocenters. The minimum absolute atomic E-state index is 0.0152. The van der Waals surface area contributed by atoms with E-state index in [1.807, 2.05) is 0 Å². The number of hydrogen-bond acceptors (Lipinski definition) is 24. The SMILES string of the molecule is Oc1cc(O)c2cc1C1CCCC3c4cc(c(O)cc4O)C4CCCC5c6cc(c(O)cc6O)C(CCCC6c7cc(c(O)cc7O)C(CCCC7c8cc(c(O)cc8O)C(CCCC(c8cc(c(O)cc8O)C(CCCC2c2cc4c(O)cc2O)c2cc7c(O)cc2O)c2cc1c(O)cc2O)c1cc6c(O)cc1O)c1cc5c(O)cc1O)c1cc3c(O)cc1O. The summed E-state index contributed by atoms with van der Waals surface area (Å²) in [5, 5.41) is 310. The summed E-state index contributed by atoms with van der Waals surface area (Å²) in [4.78, 5) is 0. The van der Waals surface area contributed by atoms with Crippen LogP contribution in [0.4, 0.5) is 0 Å². The number of aromatic hydroxyl groups is 24. The standard InChI is InChI=1S/C102H96O24/c103-79-31-81(105)57-19-55(79)43-7-1-8-44-56-20-58(82(106)32-80(56)104)46-10-3-14-50-62-22-60(84(108)34-86(62)110)48(70-26-68(44)92(116)38-94(70)118)12-5-16-52-64-24-66(90(114)36-88(64)112)54(78-29-74(50)98(122)41-102(78)126)18-6-17-53-65-23-63(87(111)35-89(65)113)51(75-30-76(52)100(124)42-99(75)123)15-4-11-47(69-25-67(43)91(115)37-93(69)117)59-21-61(85(109)33-83(59)107)49(73-28-77(53)101(125)40-97(73)121)13-2-9-45(57)71-27-72(46)96(120)39-95(71)119/h19-54,103-126H,1-18H2. The summed E-state index contributed by atoms with van der Waals surface area (Å²) in [6.45, 7) is 0. The van der Waals surface area contributed by atoms with Gasteiger partial charge in [-0.3, -0.25) is 0 Å². The summed E-state index contributed by atoms with van der Waals surface area (Å²) in [5.74, 6) is -27.0. The van der Waals surface area contributed by atoms with E-state index in [0.29, 0.717) is 0 Å². The molecular weight excluding hydrogens is 1610 g/mol. The van der Waals surface area contributed by atoms with Gasteiger partial charge in [0.05, 0.1) is 0 Å². The van der Waals surface area contributed by atoms with Gasteiger partial charge in [-0.15, -0.1) is 0 Å². The fourth-order valence-electron chi connectivity index (χ4n) is 22.9. The highest BCUT2D eigenvalue weighted by Gasteiger charge is 2.42. The third-order valence-corrected chi connectivity index (χ3v) is 29.0. The van der Waals surface area contributed by atoms with Crippen LogP contribution in [-0.4, -0.2) is 123 Å². The predicted octanol–water partition coefficient (Wildman–Crippen LogP) is 19.6. The Morgan fingerprint density at radius 3 is 0.206 bits per heavy atom. The summed E-state index contributed by atoms with van der Waals surface area (Å²) in [5.41, 5.74) is 1.38. The molecule has 7 aliphatic rings. The Morgan fingerprint density at radius 2 is 0.151 bits per heavy atom. The van der Waals surface area contributed by atoms with E-state index in [2.05, 4.69) is 0 Å². The number of benzene rings is 12. The smallest absolute Gasteiger partial charge is 0.123 e. The molecule has 7 aliphatic carbocycles. The van der Waals surface area contributed by atoms with Gasteiger partial charge in [0.2, 0.25) is 0 Å². The van der Waals surface area contributed by atoms with Crippen molar-refractivity contribution in [2.45, 2.75) is 187 Å². The van der Waals surface area contributed by atoms with Crippen molar-refractivity contribution in [3.05, 3.63) is 279 Å². The van der Waals surface area contributed by atoms with Crippen molar-refractivity contribution in [2.75, 3.05) is 0 Å². The van der Waals surface area contributed by atoms with E-state index < -0.39 is 209 Å². The summed E-state index contributed by atoms with van der Waals surface area (Å²) in [6, 6.07) is 31.7. The summed E-state index contributed by atoms with van der Waals surface area (Å²) in [7, 11) is 0. The molecule has 0 aromatic heterocycles. The minimum Gasteiger partial charge on any atom is -0.508 e. The molecule has 0 saturated heterocycles. The van der Waals surface area contributed by atoms with E-state index in [4.69, 9.17) is 0 Å². The van der Waals surface area contributed by atoms with Crippen molar-refractivity contribution >= 4 is 0 Å². The van der Waals surface area contributed by atoms with Crippen LogP contribution in [0.5, 0.6) is 138 Å². The first kappa shape index (κ1) is 81.5. The molecule has 0 amide bonds. The first-order valence-electron chi connectivity index (χ1n) is 43.1. The van der Waals surface area contributed by atoms with Gasteiger partial charge in [0, 0.05) is 277 Å². The van der Waals surface area contributed by atoms with E-state index in [1.54, 1.807) is 36.4 Å². The van der Waals surface area contributed by atoms with Gasteiger partial charge < -0.3 is 123 Å². The molecule has 0 saturated carbocycles. The largest absolute Gasteiger partial charge is 0.508 e. The third-order valence-electron chi connectivity index (χ3n) is 29.0. The van der Waals surface area contributed by atoms with Gasteiger partial charge in [-0.25, -0.2) is 0 Å². The van der Waals surface area contributed by atoms with E-state index in [1.165, 1.54) is 36.4 Å². The summed E-state index contributed by atoms with van der Waals surface area (Å²) in [6.07, 6.45) is -1.32. The zero-order chi connectivity index (χ0) is 88.3. The van der Waals surface area contributed by atoms with Gasteiger partial charge in [-0.1, -0.05) is 38.5 Å². The van der Waals surface area contributed by atoms with Crippen LogP contribution < -0.4 is 0 Å². The normalized spacial score (nSPS) is 22.5. The molecule has 0 unspecified atom stereocenters. The quantitative estimate of drug-likeness (QED) is 0.0670. The van der Waals surface area contributed by atoms with E-state index in [-0.39, 0.29) is 249 Å². The van der Waals surface area contributed by atoms with Gasteiger partial charge in [0.25, 0.3) is 0 Å². The number of hydrogen-bond donors (Lipinski definition) is 24. The Balaban J connectivity index is 1.02. The van der Waals surface area contributed by atoms with Crippen molar-refractivity contribution in [1.29, 1.82) is 0 Å². The van der Waals surface area contributed by atoms with Crippen molar-refractivity contribution in [3.63, 3.8) is 0 Å². The number of rotatable bonds is 0. The van der Waals surface area contributed by atoms with Crippen LogP contribution in [0.1, 0.15) is 320 Å². The Kier molecular flexibility index (Phi) is 20.0. The predicted molar refractivity (Wildman–Crippen MR) is 462 cm³/mol. The Morgan fingerprint density at radius 1 is 0.0952 bits per heavy atom. The molecule has 0 aliphatic heterocycles. The van der Waals surface area contributed by atoms with Crippen LogP contribution in [0, 0.1) is 0 Å². The highest BCUT2D eigenvalue weighted by molar-refractivity contribution is 5.69. The third kappa shape index (κ3) is 13.6. The zero-order valence-electron chi connectivity index (χ0n) is 68.2. The second-order valence-electron chi connectivity index (χ2n) is 35.9. The molecule has 24 nitrogen and oxygen atoms in total. The minimum atomic E-state index is -1.22. The average molecular weight is 1710 g/mol. The molecular formula is C102H96O24. The Hall–Kier alpha value is -14.2. The molecule has 19 rings (SSSR count). The van der Waals surface area contributed by atoms with Gasteiger partial charge in [0.15, 0.2) is 0 Å². The fraction of sp³-hybridized carbons (Fsp3) is 0.294. The van der Waals surface area contributed by atoms with E-state index >= 15 is 0 Å². The van der Waals surface area contributed by atoms with Gasteiger partial charge in [0.1, 0.15) is 138 Å². The van der Waals surface area contributed by atoms with Crippen LogP contribution in [0.15, 0.2) is 146 Å². The molecule has 0 fully saturated rings. The molecule has 36 bridgehead atoms. The number of phenolic OH excluding ortho intramolecular Hbond substituents is 24. The zero-order valence-corrected chi connectivity index (χ0v) is 68.2. The van der Waals surface area contributed by atoms with Crippen molar-refractivity contribution in [1.82, 2.24) is 0 Å². The van der Waals surface area contributed by atoms with Crippen molar-refractivity contribution < 1.29 is 123 Å². The number of fused-ring (bicyclic) bond motifs is 24. The van der Waals surface area contributed by atoms with Crippen LogP contribution in [0.2, 0.25) is 0 Å². The second-order valence-corrected chi connectivity index (χ2v) is 35.9. The van der Waals surface area contributed by atoms with Crippen LogP contribution in [0.3, 0.4) is 0 Å². The highest BCUT2D eigenvalue weighted by Crippen LogP contribution is 2.61. The molecule has 126 heavy (non-hydrogen) atoms. The van der Waals surface area contributed by atoms with Crippen molar-refractivity contribution in [3.8, 4) is 138 Å². The fourth-order valence-corrected chi connectivity index (χ4v) is 22.9. The monoisotopic (exact) mass is 1700 g/mol. The first-order chi connectivity index (χ1) is 60.4. The van der Waals surface area contributed by atoms with Crippen LogP contribution in [-0.2, 0) is 0 Å². The molecule has 0 spiro atoms. The summed E-state index contributed by atoms with van der Waals surface area (Å²) < 4.78 is 0. The molecule has 24 N–H and O–H groups in total. The molecule has 0 heterocycles. The lowest BCUT2D eigenvalue weighted by Crippen LogP contribution is -2.15. The van der Waals surface area contributed by atoms with Gasteiger partial charge >= 0.3 is 0 Å². The Bertz CT molecular complexity index is 5180. The lowest BCUT2D eigenvalue weighted by molar-refractivity contribution is 0.416. The second kappa shape index (κ2) is 31.0. The molecule has 12 aromatic carbocycles. The lowest BCUT2D eigenvalue weighted by Gasteiger charge is -2.32. The van der Waals surface area contributed by atoms with Crippen molar-refractivity contribution in [2.24, 2.45) is 0 Å². The van der Waals surface area contributed by atoms with Crippen LogP contribution >= 0.6 is 0 Å². The lowest BCUT2D eigenvalue weighted by atomic mass is 9.73. The molecule has 12 aromatic rings. The van der Waals surface area contributed by atoms with Crippen LogP contribution in [0.25, 0.3) is 0 Å². The maximum absolute atomic E-state index is 13.0. The molecule has 648 valence electrons. The topological polar surface area (TPSA) is 486 Å². The Labute approximate surface area is 722 Å². The number of phenols is 24. The van der Waals surface area contributed by atoms with E-state index in [0.717, 1.165) is 72.8 Å². The van der Waals surface area contributed by atoms with E-state index in [9.17, 15) is 123 Å².